The van der Waals surface area contributed by atoms with Crippen molar-refractivity contribution in [2.75, 3.05) is 19.7 Å². The zero-order valence-electron chi connectivity index (χ0n) is 13.3. The Morgan fingerprint density at radius 1 is 1.21 bits per heavy atom. The van der Waals surface area contributed by atoms with Gasteiger partial charge in [0.15, 0.2) is 6.61 Å². The Morgan fingerprint density at radius 2 is 1.92 bits per heavy atom. The molecule has 0 aliphatic carbocycles. The second kappa shape index (κ2) is 8.81. The van der Waals surface area contributed by atoms with Crippen molar-refractivity contribution in [3.8, 4) is 0 Å². The first-order valence-corrected chi connectivity index (χ1v) is 7.93. The minimum Gasteiger partial charge on any atom is -0.452 e. The molecule has 24 heavy (non-hydrogen) atoms. The van der Waals surface area contributed by atoms with Gasteiger partial charge in [0.05, 0.1) is 4.92 Å². The Morgan fingerprint density at radius 3 is 2.58 bits per heavy atom. The largest absolute Gasteiger partial charge is 0.452 e. The molecule has 0 spiro atoms. The molecule has 1 fully saturated rings. The molecule has 128 valence electrons. The Hall–Kier alpha value is -2.70. The van der Waals surface area contributed by atoms with E-state index in [9.17, 15) is 19.7 Å². The van der Waals surface area contributed by atoms with Crippen molar-refractivity contribution >= 4 is 23.6 Å². The Bertz CT molecular complexity index is 634. The van der Waals surface area contributed by atoms with Crippen LogP contribution in [0.15, 0.2) is 30.3 Å². The van der Waals surface area contributed by atoms with Crippen LogP contribution in [0.4, 0.5) is 5.69 Å². The number of esters is 1. The molecule has 1 aliphatic rings. The molecule has 1 saturated heterocycles. The predicted molar refractivity (Wildman–Crippen MR) is 88.1 cm³/mol. The molecule has 0 unspecified atom stereocenters. The molecular weight excluding hydrogens is 312 g/mol. The van der Waals surface area contributed by atoms with Crippen LogP contribution < -0.4 is 0 Å². The fraction of sp³-hybridized carbons (Fsp3) is 0.412. The van der Waals surface area contributed by atoms with Crippen LogP contribution in [0.3, 0.4) is 0 Å². The molecule has 1 amide bonds. The standard InChI is InChI=1S/C17H20N2O5/c20-16(18-10-3-1-2-4-11-18)13-24-17(21)9-8-14-6-5-7-15(12-14)19(22)23/h5-9,12H,1-4,10-11,13H2/b9-8-. The van der Waals surface area contributed by atoms with Crippen LogP contribution in [0, 0.1) is 10.1 Å². The van der Waals surface area contributed by atoms with Crippen LogP contribution in [0.25, 0.3) is 6.08 Å². The van der Waals surface area contributed by atoms with E-state index in [1.54, 1.807) is 11.0 Å². The van der Waals surface area contributed by atoms with Gasteiger partial charge >= 0.3 is 5.97 Å². The lowest BCUT2D eigenvalue weighted by Gasteiger charge is -2.19. The summed E-state index contributed by atoms with van der Waals surface area (Å²) < 4.78 is 4.95. The number of nitro benzene ring substituents is 1. The van der Waals surface area contributed by atoms with E-state index >= 15 is 0 Å². The number of amides is 1. The van der Waals surface area contributed by atoms with Gasteiger partial charge in [-0.2, -0.15) is 0 Å². The summed E-state index contributed by atoms with van der Waals surface area (Å²) in [4.78, 5) is 35.6. The van der Waals surface area contributed by atoms with Crippen LogP contribution in [0.5, 0.6) is 0 Å². The first-order valence-electron chi connectivity index (χ1n) is 7.93. The van der Waals surface area contributed by atoms with Gasteiger partial charge in [0, 0.05) is 31.3 Å². The van der Waals surface area contributed by atoms with Crippen molar-refractivity contribution in [2.24, 2.45) is 0 Å². The number of nitrogens with zero attached hydrogens (tertiary/aromatic N) is 2. The summed E-state index contributed by atoms with van der Waals surface area (Å²) in [6.07, 6.45) is 6.78. The highest BCUT2D eigenvalue weighted by Crippen LogP contribution is 2.14. The highest BCUT2D eigenvalue weighted by atomic mass is 16.6. The lowest BCUT2D eigenvalue weighted by Crippen LogP contribution is -2.35. The number of rotatable bonds is 5. The molecule has 7 heteroatoms. The monoisotopic (exact) mass is 332 g/mol. The number of nitro groups is 1. The van der Waals surface area contributed by atoms with Gasteiger partial charge in [-0.25, -0.2) is 4.79 Å². The minimum absolute atomic E-state index is 0.0538. The number of benzene rings is 1. The van der Waals surface area contributed by atoms with E-state index in [4.69, 9.17) is 4.74 Å². The molecule has 1 aromatic carbocycles. The number of likely N-dealkylation sites (tertiary alicyclic amines) is 1. The molecule has 0 radical (unpaired) electrons. The number of hydrogen-bond acceptors (Lipinski definition) is 5. The molecular formula is C17H20N2O5. The molecule has 2 rings (SSSR count). The molecule has 7 nitrogen and oxygen atoms in total. The second-order valence-electron chi connectivity index (χ2n) is 5.59. The minimum atomic E-state index is -0.648. The van der Waals surface area contributed by atoms with Crippen molar-refractivity contribution < 1.29 is 19.2 Å². The van der Waals surface area contributed by atoms with E-state index in [0.717, 1.165) is 31.8 Å². The summed E-state index contributed by atoms with van der Waals surface area (Å²) >= 11 is 0. The smallest absolute Gasteiger partial charge is 0.331 e. The molecule has 0 N–H and O–H groups in total. The van der Waals surface area contributed by atoms with Gasteiger partial charge in [-0.15, -0.1) is 0 Å². The maximum atomic E-state index is 12.0. The summed E-state index contributed by atoms with van der Waals surface area (Å²) in [5.74, 6) is -0.835. The van der Waals surface area contributed by atoms with E-state index in [2.05, 4.69) is 0 Å². The van der Waals surface area contributed by atoms with Gasteiger partial charge in [0.25, 0.3) is 11.6 Å². The van der Waals surface area contributed by atoms with Gasteiger partial charge < -0.3 is 9.64 Å². The molecule has 0 saturated carbocycles. The average Bonchev–Trinajstić information content (AvgIpc) is 2.87. The maximum absolute atomic E-state index is 12.0. The average molecular weight is 332 g/mol. The topological polar surface area (TPSA) is 89.7 Å². The number of carbonyl (C=O) groups is 2. The summed E-state index contributed by atoms with van der Waals surface area (Å²) in [6.45, 7) is 1.14. The van der Waals surface area contributed by atoms with E-state index in [0.29, 0.717) is 18.7 Å². The Balaban J connectivity index is 1.83. The number of hydrogen-bond donors (Lipinski definition) is 0. The summed E-state index contributed by atoms with van der Waals surface area (Å²) in [7, 11) is 0. The van der Waals surface area contributed by atoms with Gasteiger partial charge in [-0.3, -0.25) is 14.9 Å². The van der Waals surface area contributed by atoms with Crippen molar-refractivity contribution in [3.63, 3.8) is 0 Å². The summed E-state index contributed by atoms with van der Waals surface area (Å²) in [6, 6.07) is 5.90. The third kappa shape index (κ3) is 5.49. The second-order valence-corrected chi connectivity index (χ2v) is 5.59. The lowest BCUT2D eigenvalue weighted by atomic mass is 10.2. The van der Waals surface area contributed by atoms with Gasteiger partial charge in [-0.05, 0) is 24.5 Å². The SMILES string of the molecule is O=C(/C=C\c1cccc([N+](=O)[O-])c1)OCC(=O)N1CCCCCC1. The fourth-order valence-electron chi connectivity index (χ4n) is 2.50. The number of ether oxygens (including phenoxy) is 1. The molecule has 1 aromatic rings. The number of carbonyl (C=O) groups excluding carboxylic acids is 2. The molecule has 0 atom stereocenters. The van der Waals surface area contributed by atoms with Crippen LogP contribution in [-0.2, 0) is 14.3 Å². The van der Waals surface area contributed by atoms with Crippen molar-refractivity contribution in [3.05, 3.63) is 46.0 Å². The predicted octanol–water partition coefficient (Wildman–Crippen LogP) is 2.55. The van der Waals surface area contributed by atoms with Crippen molar-refractivity contribution in [2.45, 2.75) is 25.7 Å². The van der Waals surface area contributed by atoms with Crippen LogP contribution in [-0.4, -0.2) is 41.4 Å². The Labute approximate surface area is 140 Å². The van der Waals surface area contributed by atoms with E-state index in [1.165, 1.54) is 24.3 Å². The van der Waals surface area contributed by atoms with Crippen LogP contribution in [0.2, 0.25) is 0 Å². The van der Waals surface area contributed by atoms with Crippen molar-refractivity contribution in [1.29, 1.82) is 0 Å². The number of non-ortho nitro benzene ring substituents is 1. The highest BCUT2D eigenvalue weighted by molar-refractivity contribution is 5.89. The molecule has 1 heterocycles. The van der Waals surface area contributed by atoms with Gasteiger partial charge in [0.2, 0.25) is 0 Å². The highest BCUT2D eigenvalue weighted by Gasteiger charge is 2.16. The van der Waals surface area contributed by atoms with Crippen LogP contribution in [0.1, 0.15) is 31.2 Å². The first kappa shape index (κ1) is 17.7. The zero-order chi connectivity index (χ0) is 17.4. The maximum Gasteiger partial charge on any atom is 0.331 e. The Kier molecular flexibility index (Phi) is 6.48. The van der Waals surface area contributed by atoms with E-state index in [1.807, 2.05) is 0 Å². The molecule has 1 aliphatic heterocycles. The van der Waals surface area contributed by atoms with Crippen molar-refractivity contribution in [1.82, 2.24) is 4.90 Å². The first-order chi connectivity index (χ1) is 11.6. The third-order valence-electron chi connectivity index (χ3n) is 3.79. The zero-order valence-corrected chi connectivity index (χ0v) is 13.3. The molecule has 0 aromatic heterocycles. The van der Waals surface area contributed by atoms with E-state index < -0.39 is 10.9 Å². The normalized spacial score (nSPS) is 15.1. The van der Waals surface area contributed by atoms with Gasteiger partial charge in [-0.1, -0.05) is 25.0 Å². The summed E-state index contributed by atoms with van der Waals surface area (Å²) in [5, 5.41) is 10.7. The quantitative estimate of drug-likeness (QED) is 0.358. The summed E-state index contributed by atoms with van der Waals surface area (Å²) in [5.41, 5.74) is 0.460. The van der Waals surface area contributed by atoms with E-state index in [-0.39, 0.29) is 18.2 Å². The molecule has 0 bridgehead atoms. The third-order valence-corrected chi connectivity index (χ3v) is 3.79. The fourth-order valence-corrected chi connectivity index (χ4v) is 2.50. The lowest BCUT2D eigenvalue weighted by molar-refractivity contribution is -0.384. The van der Waals surface area contributed by atoms with Gasteiger partial charge in [0.1, 0.15) is 0 Å². The van der Waals surface area contributed by atoms with Crippen LogP contribution >= 0.6 is 0 Å².